The lowest BCUT2D eigenvalue weighted by Crippen LogP contribution is -2.40. The van der Waals surface area contributed by atoms with Crippen LogP contribution < -0.4 is 9.64 Å². The van der Waals surface area contributed by atoms with Gasteiger partial charge in [0.2, 0.25) is 0 Å². The molecule has 1 N–H and O–H groups in total. The van der Waals surface area contributed by atoms with Gasteiger partial charge in [-0.05, 0) is 43.5 Å². The van der Waals surface area contributed by atoms with E-state index in [-0.39, 0.29) is 11.8 Å². The van der Waals surface area contributed by atoms with Crippen LogP contribution in [0, 0.1) is 0 Å². The van der Waals surface area contributed by atoms with Gasteiger partial charge < -0.3 is 14.7 Å². The monoisotopic (exact) mass is 281 g/mol. The number of benzene rings is 2. The van der Waals surface area contributed by atoms with Crippen molar-refractivity contribution in [2.45, 2.75) is 31.8 Å². The van der Waals surface area contributed by atoms with Crippen LogP contribution in [-0.2, 0) is 6.42 Å². The summed E-state index contributed by atoms with van der Waals surface area (Å²) in [5.74, 6) is 1.08. The Labute approximate surface area is 124 Å². The van der Waals surface area contributed by atoms with Crippen LogP contribution in [-0.4, -0.2) is 17.8 Å². The molecule has 3 heteroatoms. The molecule has 0 bridgehead atoms. The van der Waals surface area contributed by atoms with Crippen LogP contribution >= 0.6 is 0 Å². The Kier molecular flexibility index (Phi) is 2.81. The summed E-state index contributed by atoms with van der Waals surface area (Å²) >= 11 is 0. The van der Waals surface area contributed by atoms with E-state index in [9.17, 15) is 5.11 Å². The number of rotatable bonds is 1. The maximum absolute atomic E-state index is 9.61. The van der Waals surface area contributed by atoms with Gasteiger partial charge in [0.25, 0.3) is 0 Å². The van der Waals surface area contributed by atoms with E-state index >= 15 is 0 Å². The van der Waals surface area contributed by atoms with Crippen molar-refractivity contribution in [3.05, 3.63) is 53.6 Å². The summed E-state index contributed by atoms with van der Waals surface area (Å²) in [5.41, 5.74) is 3.92. The Morgan fingerprint density at radius 1 is 1.19 bits per heavy atom. The molecule has 0 fully saturated rings. The molecule has 0 saturated heterocycles. The Balaban J connectivity index is 1.78. The quantitative estimate of drug-likeness (QED) is 0.865. The second kappa shape index (κ2) is 4.69. The van der Waals surface area contributed by atoms with E-state index in [2.05, 4.69) is 36.1 Å². The maximum Gasteiger partial charge on any atom is 0.128 e. The van der Waals surface area contributed by atoms with Crippen molar-refractivity contribution >= 4 is 5.69 Å². The highest BCUT2D eigenvalue weighted by atomic mass is 16.5. The fourth-order valence-electron chi connectivity index (χ4n) is 3.60. The normalized spacial score (nSPS) is 23.4. The van der Waals surface area contributed by atoms with Gasteiger partial charge in [-0.1, -0.05) is 18.2 Å². The summed E-state index contributed by atoms with van der Waals surface area (Å²) < 4.78 is 5.81. The van der Waals surface area contributed by atoms with Gasteiger partial charge in [0.1, 0.15) is 18.1 Å². The van der Waals surface area contributed by atoms with Crippen molar-refractivity contribution in [3.8, 4) is 11.5 Å². The number of hydrogen-bond donors (Lipinski definition) is 1. The Morgan fingerprint density at radius 3 is 2.95 bits per heavy atom. The van der Waals surface area contributed by atoms with Crippen LogP contribution in [0.3, 0.4) is 0 Å². The van der Waals surface area contributed by atoms with Gasteiger partial charge >= 0.3 is 0 Å². The molecule has 0 saturated carbocycles. The van der Waals surface area contributed by atoms with E-state index in [1.807, 2.05) is 6.07 Å². The number of fused-ring (bicyclic) bond motifs is 2. The molecule has 0 aliphatic carbocycles. The highest BCUT2D eigenvalue weighted by Crippen LogP contribution is 2.43. The number of aryl methyl sites for hydroxylation is 1. The van der Waals surface area contributed by atoms with Crippen LogP contribution in [0.15, 0.2) is 42.5 Å². The van der Waals surface area contributed by atoms with Crippen molar-refractivity contribution in [1.82, 2.24) is 0 Å². The molecule has 2 aliphatic heterocycles. The summed E-state index contributed by atoms with van der Waals surface area (Å²) in [4.78, 5) is 2.49. The zero-order valence-corrected chi connectivity index (χ0v) is 12.1. The van der Waals surface area contributed by atoms with Crippen molar-refractivity contribution in [2.24, 2.45) is 0 Å². The van der Waals surface area contributed by atoms with E-state index in [1.165, 1.54) is 23.2 Å². The molecule has 0 aromatic heterocycles. The van der Waals surface area contributed by atoms with E-state index in [0.29, 0.717) is 12.6 Å². The maximum atomic E-state index is 9.61. The fourth-order valence-corrected chi connectivity index (χ4v) is 3.60. The Hall–Kier alpha value is -2.16. The fraction of sp³-hybridized carbons (Fsp3) is 0.333. The smallest absolute Gasteiger partial charge is 0.128 e. The first kappa shape index (κ1) is 12.6. The summed E-state index contributed by atoms with van der Waals surface area (Å²) in [6, 6.07) is 14.8. The highest BCUT2D eigenvalue weighted by molar-refractivity contribution is 5.60. The Morgan fingerprint density at radius 2 is 2.05 bits per heavy atom. The highest BCUT2D eigenvalue weighted by Gasteiger charge is 2.35. The van der Waals surface area contributed by atoms with E-state index in [1.54, 1.807) is 12.1 Å². The minimum atomic E-state index is 0.233. The average Bonchev–Trinajstić information content (AvgIpc) is 2.90. The molecule has 2 heterocycles. The van der Waals surface area contributed by atoms with Gasteiger partial charge in [-0.3, -0.25) is 0 Å². The minimum Gasteiger partial charge on any atom is -0.508 e. The van der Waals surface area contributed by atoms with Crippen molar-refractivity contribution in [1.29, 1.82) is 0 Å². The van der Waals surface area contributed by atoms with Crippen LogP contribution in [0.25, 0.3) is 0 Å². The first-order valence-electron chi connectivity index (χ1n) is 7.56. The number of phenolic OH excluding ortho intramolecular Hbond substituents is 1. The minimum absolute atomic E-state index is 0.233. The van der Waals surface area contributed by atoms with Gasteiger partial charge in [0, 0.05) is 23.4 Å². The van der Waals surface area contributed by atoms with Crippen molar-refractivity contribution < 1.29 is 9.84 Å². The molecular formula is C18H19NO2. The summed E-state index contributed by atoms with van der Waals surface area (Å²) in [6.07, 6.45) is 2.31. The number of anilines is 1. The third-order valence-corrected chi connectivity index (χ3v) is 4.66. The van der Waals surface area contributed by atoms with E-state index < -0.39 is 0 Å². The average molecular weight is 281 g/mol. The summed E-state index contributed by atoms with van der Waals surface area (Å²) in [6.45, 7) is 2.94. The largest absolute Gasteiger partial charge is 0.508 e. The van der Waals surface area contributed by atoms with Crippen LogP contribution in [0.2, 0.25) is 0 Å². The predicted octanol–water partition coefficient (Wildman–Crippen LogP) is 3.67. The van der Waals surface area contributed by atoms with E-state index in [4.69, 9.17) is 4.74 Å². The molecule has 2 unspecified atom stereocenters. The second-order valence-electron chi connectivity index (χ2n) is 5.97. The Bertz CT molecular complexity index is 683. The third kappa shape index (κ3) is 1.96. The molecule has 2 atom stereocenters. The van der Waals surface area contributed by atoms with Gasteiger partial charge in [-0.25, -0.2) is 0 Å². The molecular weight excluding hydrogens is 262 g/mol. The molecule has 0 amide bonds. The molecule has 0 radical (unpaired) electrons. The van der Waals surface area contributed by atoms with E-state index in [0.717, 1.165) is 12.2 Å². The third-order valence-electron chi connectivity index (χ3n) is 4.66. The lowest BCUT2D eigenvalue weighted by atomic mass is 9.93. The first-order chi connectivity index (χ1) is 10.2. The van der Waals surface area contributed by atoms with Crippen LogP contribution in [0.4, 0.5) is 5.69 Å². The molecule has 2 aromatic carbocycles. The standard InChI is InChI=1S/C18H19NO2/c1-12-6-7-13-4-2-3-5-16(13)19(12)17-11-21-18-10-14(20)8-9-15(17)18/h2-5,8-10,12,17,20H,6-7,11H2,1H3. The molecule has 108 valence electrons. The number of nitrogens with zero attached hydrogens (tertiary/aromatic N) is 1. The number of hydrogen-bond acceptors (Lipinski definition) is 3. The zero-order chi connectivity index (χ0) is 14.4. The van der Waals surface area contributed by atoms with Crippen LogP contribution in [0.1, 0.15) is 30.5 Å². The number of para-hydroxylation sites is 1. The predicted molar refractivity (Wildman–Crippen MR) is 83.0 cm³/mol. The van der Waals surface area contributed by atoms with Crippen LogP contribution in [0.5, 0.6) is 11.5 Å². The topological polar surface area (TPSA) is 32.7 Å². The zero-order valence-electron chi connectivity index (χ0n) is 12.1. The number of phenols is 1. The number of ether oxygens (including phenoxy) is 1. The molecule has 4 rings (SSSR count). The number of aromatic hydroxyl groups is 1. The van der Waals surface area contributed by atoms with Crippen molar-refractivity contribution in [2.75, 3.05) is 11.5 Å². The molecule has 2 aliphatic rings. The first-order valence-corrected chi connectivity index (χ1v) is 7.56. The summed E-state index contributed by atoms with van der Waals surface area (Å²) in [5, 5.41) is 9.61. The van der Waals surface area contributed by atoms with Gasteiger partial charge in [0.05, 0.1) is 6.04 Å². The van der Waals surface area contributed by atoms with Gasteiger partial charge in [-0.2, -0.15) is 0 Å². The van der Waals surface area contributed by atoms with Crippen molar-refractivity contribution in [3.63, 3.8) is 0 Å². The molecule has 0 spiro atoms. The van der Waals surface area contributed by atoms with Gasteiger partial charge in [0.15, 0.2) is 0 Å². The summed E-state index contributed by atoms with van der Waals surface area (Å²) in [7, 11) is 0. The lowest BCUT2D eigenvalue weighted by Gasteiger charge is -2.40. The molecule has 3 nitrogen and oxygen atoms in total. The lowest BCUT2D eigenvalue weighted by molar-refractivity contribution is 0.315. The van der Waals surface area contributed by atoms with Gasteiger partial charge in [-0.15, -0.1) is 0 Å². The second-order valence-corrected chi connectivity index (χ2v) is 5.97. The molecule has 21 heavy (non-hydrogen) atoms. The SMILES string of the molecule is CC1CCc2ccccc2N1C1COc2cc(O)ccc21. The molecule has 2 aromatic rings.